The predicted octanol–water partition coefficient (Wildman–Crippen LogP) is 4.43. The largest absolute Gasteiger partial charge is 0.457 e. The zero-order chi connectivity index (χ0) is 14.8. The van der Waals surface area contributed by atoms with Gasteiger partial charge in [-0.3, -0.25) is 0 Å². The van der Waals surface area contributed by atoms with E-state index in [0.29, 0.717) is 21.9 Å². The van der Waals surface area contributed by atoms with Crippen LogP contribution in [0.3, 0.4) is 0 Å². The summed E-state index contributed by atoms with van der Waals surface area (Å²) in [6.45, 7) is 0. The molecular formula is C14H12BrClO3S. The Hall–Kier alpha value is -1.04. The van der Waals surface area contributed by atoms with Gasteiger partial charge in [-0.15, -0.1) is 0 Å². The molecule has 3 nitrogen and oxygen atoms in total. The quantitative estimate of drug-likeness (QED) is 0.742. The Morgan fingerprint density at radius 3 is 2.35 bits per heavy atom. The molecule has 0 heterocycles. The minimum atomic E-state index is -3.20. The zero-order valence-corrected chi connectivity index (χ0v) is 13.8. The molecule has 0 fully saturated rings. The molecule has 0 unspecified atom stereocenters. The Kier molecular flexibility index (Phi) is 4.73. The molecule has 0 bridgehead atoms. The number of hydrogen-bond acceptors (Lipinski definition) is 3. The van der Waals surface area contributed by atoms with Crippen LogP contribution in [-0.4, -0.2) is 14.7 Å². The Morgan fingerprint density at radius 1 is 1.15 bits per heavy atom. The van der Waals surface area contributed by atoms with Crippen LogP contribution in [0.5, 0.6) is 11.5 Å². The van der Waals surface area contributed by atoms with Crippen molar-refractivity contribution in [1.29, 1.82) is 0 Å². The molecule has 106 valence electrons. The average molecular weight is 376 g/mol. The molecule has 0 amide bonds. The third kappa shape index (κ3) is 3.53. The molecule has 0 aromatic heterocycles. The van der Waals surface area contributed by atoms with E-state index in [4.69, 9.17) is 16.3 Å². The summed E-state index contributed by atoms with van der Waals surface area (Å²) in [4.78, 5) is 0.261. The van der Waals surface area contributed by atoms with Crippen molar-refractivity contribution in [2.45, 2.75) is 10.2 Å². The predicted molar refractivity (Wildman–Crippen MR) is 83.7 cm³/mol. The first kappa shape index (κ1) is 15.4. The summed E-state index contributed by atoms with van der Waals surface area (Å²) in [5.74, 6) is 1.20. The molecule has 6 heteroatoms. The number of halogens is 2. The van der Waals surface area contributed by atoms with E-state index in [1.54, 1.807) is 24.3 Å². The van der Waals surface area contributed by atoms with Gasteiger partial charge in [-0.05, 0) is 36.4 Å². The van der Waals surface area contributed by atoms with Gasteiger partial charge in [0.15, 0.2) is 9.84 Å². The fourth-order valence-electron chi connectivity index (χ4n) is 1.65. The molecule has 0 atom stereocenters. The van der Waals surface area contributed by atoms with Crippen LogP contribution in [0.15, 0.2) is 47.4 Å². The Morgan fingerprint density at radius 2 is 1.80 bits per heavy atom. The fraction of sp³-hybridized carbons (Fsp3) is 0.143. The maximum Gasteiger partial charge on any atom is 0.175 e. The van der Waals surface area contributed by atoms with E-state index < -0.39 is 9.84 Å². The fourth-order valence-corrected chi connectivity index (χ4v) is 3.25. The van der Waals surface area contributed by atoms with Gasteiger partial charge in [0.1, 0.15) is 11.5 Å². The van der Waals surface area contributed by atoms with E-state index >= 15 is 0 Å². The van der Waals surface area contributed by atoms with Gasteiger partial charge >= 0.3 is 0 Å². The highest BCUT2D eigenvalue weighted by atomic mass is 79.9. The lowest BCUT2D eigenvalue weighted by molar-refractivity contribution is 0.478. The van der Waals surface area contributed by atoms with Gasteiger partial charge in [0.05, 0.1) is 4.90 Å². The molecule has 0 radical (unpaired) electrons. The standard InChI is InChI=1S/C14H12BrClO3S/c1-20(17,18)11-7-5-10(6-8-11)19-14-4-2-3-13(16)12(14)9-15/h2-8H,9H2,1H3. The SMILES string of the molecule is CS(=O)(=O)c1ccc(Oc2cccc(Cl)c2CBr)cc1. The first-order valence-electron chi connectivity index (χ1n) is 5.73. The van der Waals surface area contributed by atoms with E-state index in [9.17, 15) is 8.42 Å². The summed E-state index contributed by atoms with van der Waals surface area (Å²) in [5, 5.41) is 1.19. The molecule has 0 aliphatic heterocycles. The third-order valence-corrected chi connectivity index (χ3v) is 4.73. The number of rotatable bonds is 4. The van der Waals surface area contributed by atoms with Crippen molar-refractivity contribution < 1.29 is 13.2 Å². The molecule has 0 N–H and O–H groups in total. The third-order valence-electron chi connectivity index (χ3n) is 2.69. The average Bonchev–Trinajstić information content (AvgIpc) is 2.38. The van der Waals surface area contributed by atoms with Gasteiger partial charge in [0.25, 0.3) is 0 Å². The molecule has 0 aliphatic carbocycles. The molecular weight excluding hydrogens is 364 g/mol. The molecule has 0 spiro atoms. The maximum atomic E-state index is 11.4. The van der Waals surface area contributed by atoms with E-state index in [1.165, 1.54) is 18.4 Å². The van der Waals surface area contributed by atoms with Crippen molar-refractivity contribution in [2.24, 2.45) is 0 Å². The van der Waals surface area contributed by atoms with E-state index in [0.717, 1.165) is 5.56 Å². The molecule has 2 aromatic carbocycles. The minimum Gasteiger partial charge on any atom is -0.457 e. The summed E-state index contributed by atoms with van der Waals surface area (Å²) in [6.07, 6.45) is 1.17. The van der Waals surface area contributed by atoms with Crippen molar-refractivity contribution >= 4 is 37.4 Å². The van der Waals surface area contributed by atoms with Gasteiger partial charge in [-0.1, -0.05) is 33.6 Å². The second kappa shape index (κ2) is 6.16. The Bertz CT molecular complexity index is 712. The first-order chi connectivity index (χ1) is 9.41. The molecule has 2 rings (SSSR count). The van der Waals surface area contributed by atoms with Gasteiger partial charge in [0.2, 0.25) is 0 Å². The summed E-state index contributed by atoms with van der Waals surface area (Å²) in [5.41, 5.74) is 0.848. The van der Waals surface area contributed by atoms with Gasteiger partial charge in [-0.2, -0.15) is 0 Å². The van der Waals surface area contributed by atoms with Crippen molar-refractivity contribution in [3.63, 3.8) is 0 Å². The van der Waals surface area contributed by atoms with Gasteiger partial charge < -0.3 is 4.74 Å². The van der Waals surface area contributed by atoms with Crippen molar-refractivity contribution in [3.05, 3.63) is 53.1 Å². The number of sulfone groups is 1. The second-order valence-corrected chi connectivity index (χ2v) is 7.18. The highest BCUT2D eigenvalue weighted by Crippen LogP contribution is 2.32. The lowest BCUT2D eigenvalue weighted by atomic mass is 10.2. The number of ether oxygens (including phenoxy) is 1. The van der Waals surface area contributed by atoms with E-state index in [-0.39, 0.29) is 4.90 Å². The molecule has 0 saturated heterocycles. The van der Waals surface area contributed by atoms with Crippen molar-refractivity contribution in [1.82, 2.24) is 0 Å². The normalized spacial score (nSPS) is 11.3. The lowest BCUT2D eigenvalue weighted by Crippen LogP contribution is -1.96. The first-order valence-corrected chi connectivity index (χ1v) is 9.12. The highest BCUT2D eigenvalue weighted by Gasteiger charge is 2.10. The summed E-state index contributed by atoms with van der Waals surface area (Å²) in [7, 11) is -3.20. The molecule has 20 heavy (non-hydrogen) atoms. The van der Waals surface area contributed by atoms with Crippen LogP contribution in [0, 0.1) is 0 Å². The Balaban J connectivity index is 2.29. The number of alkyl halides is 1. The summed E-state index contributed by atoms with van der Waals surface area (Å²) < 4.78 is 28.5. The summed E-state index contributed by atoms with van der Waals surface area (Å²) >= 11 is 9.46. The van der Waals surface area contributed by atoms with Crippen molar-refractivity contribution in [3.8, 4) is 11.5 Å². The second-order valence-electron chi connectivity index (χ2n) is 4.20. The zero-order valence-electron chi connectivity index (χ0n) is 10.6. The highest BCUT2D eigenvalue weighted by molar-refractivity contribution is 9.08. The molecule has 2 aromatic rings. The topological polar surface area (TPSA) is 43.4 Å². The molecule has 0 aliphatic rings. The van der Waals surface area contributed by atoms with Crippen LogP contribution in [0.4, 0.5) is 0 Å². The number of hydrogen-bond donors (Lipinski definition) is 0. The smallest absolute Gasteiger partial charge is 0.175 e. The van der Waals surface area contributed by atoms with Crippen molar-refractivity contribution in [2.75, 3.05) is 6.26 Å². The van der Waals surface area contributed by atoms with E-state index in [2.05, 4.69) is 15.9 Å². The summed E-state index contributed by atoms with van der Waals surface area (Å²) in [6, 6.07) is 11.7. The van der Waals surface area contributed by atoms with Crippen LogP contribution in [-0.2, 0) is 15.2 Å². The monoisotopic (exact) mass is 374 g/mol. The Labute approximate surface area is 131 Å². The van der Waals surface area contributed by atoms with Crippen LogP contribution >= 0.6 is 27.5 Å². The lowest BCUT2D eigenvalue weighted by Gasteiger charge is -2.11. The van der Waals surface area contributed by atoms with Crippen LogP contribution in [0.25, 0.3) is 0 Å². The molecule has 0 saturated carbocycles. The van der Waals surface area contributed by atoms with Gasteiger partial charge in [-0.25, -0.2) is 8.42 Å². The maximum absolute atomic E-state index is 11.4. The van der Waals surface area contributed by atoms with Crippen LogP contribution < -0.4 is 4.74 Å². The van der Waals surface area contributed by atoms with E-state index in [1.807, 2.05) is 6.07 Å². The van der Waals surface area contributed by atoms with Crippen LogP contribution in [0.1, 0.15) is 5.56 Å². The van der Waals surface area contributed by atoms with Crippen LogP contribution in [0.2, 0.25) is 5.02 Å². The number of benzene rings is 2. The minimum absolute atomic E-state index is 0.261. The van der Waals surface area contributed by atoms with Gasteiger partial charge in [0, 0.05) is 22.2 Å².